The zero-order valence-electron chi connectivity index (χ0n) is 12.2. The van der Waals surface area contributed by atoms with Crippen LogP contribution in [-0.4, -0.2) is 34.5 Å². The third-order valence-electron chi connectivity index (χ3n) is 3.46. The number of hydrogen-bond donors (Lipinski definition) is 1. The molecule has 0 bridgehead atoms. The molecule has 8 heteroatoms. The van der Waals surface area contributed by atoms with Crippen molar-refractivity contribution in [2.45, 2.75) is 13.3 Å². The summed E-state index contributed by atoms with van der Waals surface area (Å²) in [5.41, 5.74) is 2.77. The Hall–Kier alpha value is -2.80. The summed E-state index contributed by atoms with van der Waals surface area (Å²) >= 11 is 6.15. The van der Waals surface area contributed by atoms with Crippen molar-refractivity contribution in [1.29, 1.82) is 0 Å². The Labute approximate surface area is 136 Å². The Kier molecular flexibility index (Phi) is 3.27. The highest BCUT2D eigenvalue weighted by molar-refractivity contribution is 6.30. The summed E-state index contributed by atoms with van der Waals surface area (Å²) in [4.78, 5) is 17.2. The molecule has 0 aliphatic rings. The van der Waals surface area contributed by atoms with Crippen LogP contribution < -0.4 is 0 Å². The maximum absolute atomic E-state index is 6.15. The van der Waals surface area contributed by atoms with Crippen LogP contribution in [0.1, 0.15) is 17.1 Å². The van der Waals surface area contributed by atoms with Crippen LogP contribution in [0.25, 0.3) is 17.2 Å². The van der Waals surface area contributed by atoms with Gasteiger partial charge in [-0.3, -0.25) is 9.50 Å². The summed E-state index contributed by atoms with van der Waals surface area (Å²) < 4.78 is 1.94. The van der Waals surface area contributed by atoms with Crippen LogP contribution in [0.2, 0.25) is 5.02 Å². The van der Waals surface area contributed by atoms with Gasteiger partial charge in [0.2, 0.25) is 5.82 Å². The fraction of sp³-hybridized carbons (Fsp3) is 0.133. The molecule has 1 N–H and O–H groups in total. The average Bonchev–Trinajstić information content (AvgIpc) is 3.12. The lowest BCUT2D eigenvalue weighted by atomic mass is 10.2. The molecule has 0 amide bonds. The van der Waals surface area contributed by atoms with Crippen molar-refractivity contribution in [1.82, 2.24) is 34.5 Å². The molecule has 0 aromatic carbocycles. The zero-order valence-corrected chi connectivity index (χ0v) is 13.0. The monoisotopic (exact) mass is 325 g/mol. The van der Waals surface area contributed by atoms with Crippen molar-refractivity contribution < 1.29 is 0 Å². The van der Waals surface area contributed by atoms with Crippen molar-refractivity contribution in [3.8, 4) is 11.6 Å². The number of halogens is 1. The molecule has 0 atom stereocenters. The maximum atomic E-state index is 6.15. The molecule has 0 aliphatic heterocycles. The van der Waals surface area contributed by atoms with Gasteiger partial charge in [-0.15, -0.1) is 0 Å². The second kappa shape index (κ2) is 5.44. The molecule has 0 saturated carbocycles. The molecular weight excluding hydrogens is 314 g/mol. The molecule has 23 heavy (non-hydrogen) atoms. The molecule has 0 unspecified atom stereocenters. The predicted octanol–water partition coefficient (Wildman–Crippen LogP) is 2.46. The van der Waals surface area contributed by atoms with Gasteiger partial charge in [0.15, 0.2) is 5.82 Å². The van der Waals surface area contributed by atoms with E-state index in [0.717, 1.165) is 22.6 Å². The van der Waals surface area contributed by atoms with Gasteiger partial charge in [0.1, 0.15) is 12.2 Å². The number of aryl methyl sites for hydroxylation is 1. The Morgan fingerprint density at radius 2 is 2.04 bits per heavy atom. The van der Waals surface area contributed by atoms with E-state index in [-0.39, 0.29) is 0 Å². The fourth-order valence-electron chi connectivity index (χ4n) is 2.47. The number of H-pyrrole nitrogens is 1. The zero-order chi connectivity index (χ0) is 15.8. The number of aromatic amines is 1. The number of fused-ring (bicyclic) bond motifs is 1. The second-order valence-corrected chi connectivity index (χ2v) is 5.59. The molecule has 0 aliphatic carbocycles. The van der Waals surface area contributed by atoms with Gasteiger partial charge >= 0.3 is 0 Å². The molecule has 0 radical (unpaired) electrons. The molecule has 7 nitrogen and oxygen atoms in total. The van der Waals surface area contributed by atoms with E-state index in [1.54, 1.807) is 12.4 Å². The van der Waals surface area contributed by atoms with Crippen LogP contribution in [0.15, 0.2) is 37.1 Å². The molecule has 0 fully saturated rings. The van der Waals surface area contributed by atoms with Gasteiger partial charge in [-0.2, -0.15) is 5.10 Å². The Morgan fingerprint density at radius 1 is 1.22 bits per heavy atom. The second-order valence-electron chi connectivity index (χ2n) is 5.15. The predicted molar refractivity (Wildman–Crippen MR) is 85.2 cm³/mol. The smallest absolute Gasteiger partial charge is 0.217 e. The molecule has 114 valence electrons. The molecule has 0 spiro atoms. The lowest BCUT2D eigenvalue weighted by Crippen LogP contribution is -1.92. The fourth-order valence-corrected chi connectivity index (χ4v) is 2.63. The summed E-state index contributed by atoms with van der Waals surface area (Å²) in [6.45, 7) is 1.85. The van der Waals surface area contributed by atoms with Crippen LogP contribution in [0, 0.1) is 6.92 Å². The van der Waals surface area contributed by atoms with E-state index in [2.05, 4.69) is 25.1 Å². The van der Waals surface area contributed by atoms with Gasteiger partial charge in [0.05, 0.1) is 11.2 Å². The van der Waals surface area contributed by atoms with Crippen LogP contribution in [0.3, 0.4) is 0 Å². The third kappa shape index (κ3) is 2.55. The topological polar surface area (TPSA) is 84.7 Å². The number of rotatable bonds is 3. The SMILES string of the molecule is Cc1nc(-c2nc(Cc3cncnc3)c3cc(Cl)ccn23)n[nH]1. The third-order valence-corrected chi connectivity index (χ3v) is 3.70. The van der Waals surface area contributed by atoms with Crippen LogP contribution in [-0.2, 0) is 6.42 Å². The number of imidazole rings is 1. The summed E-state index contributed by atoms with van der Waals surface area (Å²) in [6.07, 6.45) is 7.54. The largest absolute Gasteiger partial charge is 0.297 e. The quantitative estimate of drug-likeness (QED) is 0.625. The first-order valence-electron chi connectivity index (χ1n) is 7.00. The maximum Gasteiger partial charge on any atom is 0.217 e. The highest BCUT2D eigenvalue weighted by Crippen LogP contribution is 2.24. The number of nitrogens with one attached hydrogen (secondary N) is 1. The van der Waals surface area contributed by atoms with Gasteiger partial charge in [-0.25, -0.2) is 19.9 Å². The molecule has 4 aromatic heterocycles. The van der Waals surface area contributed by atoms with Crippen LogP contribution >= 0.6 is 11.6 Å². The van der Waals surface area contributed by atoms with E-state index in [9.17, 15) is 0 Å². The van der Waals surface area contributed by atoms with E-state index in [4.69, 9.17) is 16.6 Å². The van der Waals surface area contributed by atoms with Crippen LogP contribution in [0.4, 0.5) is 0 Å². The molecule has 0 saturated heterocycles. The van der Waals surface area contributed by atoms with Gasteiger partial charge < -0.3 is 0 Å². The van der Waals surface area contributed by atoms with Crippen molar-refractivity contribution in [2.75, 3.05) is 0 Å². The minimum Gasteiger partial charge on any atom is -0.297 e. The normalized spacial score (nSPS) is 11.2. The van der Waals surface area contributed by atoms with Crippen molar-refractivity contribution in [2.24, 2.45) is 0 Å². The van der Waals surface area contributed by atoms with E-state index >= 15 is 0 Å². The lowest BCUT2D eigenvalue weighted by Gasteiger charge is -1.99. The highest BCUT2D eigenvalue weighted by Gasteiger charge is 2.16. The van der Waals surface area contributed by atoms with Gasteiger partial charge in [-0.05, 0) is 24.6 Å². The lowest BCUT2D eigenvalue weighted by molar-refractivity contribution is 1.02. The van der Waals surface area contributed by atoms with E-state index < -0.39 is 0 Å². The first-order chi connectivity index (χ1) is 11.2. The summed E-state index contributed by atoms with van der Waals surface area (Å²) in [5.74, 6) is 1.96. The van der Waals surface area contributed by atoms with Gasteiger partial charge in [-0.1, -0.05) is 11.6 Å². The minimum absolute atomic E-state index is 0.551. The molecule has 4 aromatic rings. The Morgan fingerprint density at radius 3 is 2.78 bits per heavy atom. The molecular formula is C15H12ClN7. The summed E-state index contributed by atoms with van der Waals surface area (Å²) in [5, 5.41) is 7.70. The first kappa shape index (κ1) is 13.8. The number of nitrogens with zero attached hydrogens (tertiary/aromatic N) is 6. The minimum atomic E-state index is 0.551. The van der Waals surface area contributed by atoms with Gasteiger partial charge in [0, 0.05) is 30.0 Å². The standard InChI is InChI=1S/C15H12ClN7/c1-9-19-14(22-21-9)15-20-12(4-10-6-17-8-18-7-10)13-5-11(16)2-3-23(13)15/h2-3,5-8H,4H2,1H3,(H,19,21,22). The Balaban J connectivity index is 1.88. The Bertz CT molecular complexity index is 974. The van der Waals surface area contributed by atoms with Crippen LogP contribution in [0.5, 0.6) is 0 Å². The number of pyridine rings is 1. The highest BCUT2D eigenvalue weighted by atomic mass is 35.5. The number of hydrogen-bond acceptors (Lipinski definition) is 5. The molecule has 4 heterocycles. The van der Waals surface area contributed by atoms with Crippen molar-refractivity contribution in [3.05, 3.63) is 59.2 Å². The van der Waals surface area contributed by atoms with E-state index in [1.807, 2.05) is 29.7 Å². The number of aromatic nitrogens is 7. The average molecular weight is 326 g/mol. The summed E-state index contributed by atoms with van der Waals surface area (Å²) in [6, 6.07) is 3.70. The van der Waals surface area contributed by atoms with E-state index in [1.165, 1.54) is 6.33 Å². The van der Waals surface area contributed by atoms with Gasteiger partial charge in [0.25, 0.3) is 0 Å². The van der Waals surface area contributed by atoms with E-state index in [0.29, 0.717) is 23.1 Å². The summed E-state index contributed by atoms with van der Waals surface area (Å²) in [7, 11) is 0. The first-order valence-corrected chi connectivity index (χ1v) is 7.38. The van der Waals surface area contributed by atoms with Crippen molar-refractivity contribution >= 4 is 17.1 Å². The molecule has 4 rings (SSSR count). The van der Waals surface area contributed by atoms with Crippen molar-refractivity contribution in [3.63, 3.8) is 0 Å².